The van der Waals surface area contributed by atoms with E-state index in [0.717, 1.165) is 18.4 Å². The lowest BCUT2D eigenvalue weighted by Crippen LogP contribution is -2.29. The summed E-state index contributed by atoms with van der Waals surface area (Å²) in [4.78, 5) is 12.7. The summed E-state index contributed by atoms with van der Waals surface area (Å²) in [5, 5.41) is 2.86. The van der Waals surface area contributed by atoms with Crippen LogP contribution in [0.1, 0.15) is 41.7 Å². The van der Waals surface area contributed by atoms with Gasteiger partial charge in [-0.15, -0.1) is 0 Å². The van der Waals surface area contributed by atoms with E-state index in [1.807, 2.05) is 6.07 Å². The SMILES string of the molecule is CC(NC(=O)c1cc(S(=O)(=O)NC2CC2)c(Cl)cc1Cl)c1ccc2c(c1)OCCO2. The number of rotatable bonds is 6. The summed E-state index contributed by atoms with van der Waals surface area (Å²) >= 11 is 12.3. The van der Waals surface area contributed by atoms with Gasteiger partial charge in [0, 0.05) is 6.04 Å². The predicted molar refractivity (Wildman–Crippen MR) is 113 cm³/mol. The molecule has 2 aliphatic rings. The van der Waals surface area contributed by atoms with Crippen molar-refractivity contribution in [1.29, 1.82) is 0 Å². The lowest BCUT2D eigenvalue weighted by atomic mass is 10.1. The summed E-state index contributed by atoms with van der Waals surface area (Å²) in [5.41, 5.74) is 0.836. The normalized spacial score (nSPS) is 16.8. The van der Waals surface area contributed by atoms with Crippen LogP contribution in [-0.2, 0) is 10.0 Å². The first-order valence-corrected chi connectivity index (χ1v) is 11.7. The number of benzene rings is 2. The molecule has 1 aliphatic heterocycles. The Balaban J connectivity index is 1.56. The molecule has 0 bridgehead atoms. The van der Waals surface area contributed by atoms with Gasteiger partial charge in [-0.1, -0.05) is 29.3 Å². The zero-order chi connectivity index (χ0) is 21.5. The van der Waals surface area contributed by atoms with E-state index in [4.69, 9.17) is 32.7 Å². The van der Waals surface area contributed by atoms with Crippen LogP contribution in [0.15, 0.2) is 35.2 Å². The maximum atomic E-state index is 12.9. The van der Waals surface area contributed by atoms with Crippen molar-refractivity contribution in [3.05, 3.63) is 51.5 Å². The number of nitrogens with one attached hydrogen (secondary N) is 2. The summed E-state index contributed by atoms with van der Waals surface area (Å²) in [5.74, 6) is 0.758. The molecule has 0 aromatic heterocycles. The van der Waals surface area contributed by atoms with E-state index >= 15 is 0 Å². The third-order valence-electron chi connectivity index (χ3n) is 4.87. The first kappa shape index (κ1) is 21.2. The Morgan fingerprint density at radius 3 is 2.47 bits per heavy atom. The number of carbonyl (C=O) groups is 1. The summed E-state index contributed by atoms with van der Waals surface area (Å²) in [6, 6.07) is 7.43. The van der Waals surface area contributed by atoms with Crippen molar-refractivity contribution in [3.63, 3.8) is 0 Å². The highest BCUT2D eigenvalue weighted by Crippen LogP contribution is 2.34. The summed E-state index contributed by atoms with van der Waals surface area (Å²) in [7, 11) is -3.84. The molecular formula is C20H20Cl2N2O5S. The van der Waals surface area contributed by atoms with Gasteiger partial charge in [-0.3, -0.25) is 4.79 Å². The van der Waals surface area contributed by atoms with Gasteiger partial charge in [-0.05, 0) is 49.6 Å². The van der Waals surface area contributed by atoms with E-state index in [2.05, 4.69) is 10.0 Å². The van der Waals surface area contributed by atoms with Crippen LogP contribution in [0.5, 0.6) is 11.5 Å². The second kappa shape index (κ2) is 8.26. The average Bonchev–Trinajstić information content (AvgIpc) is 3.50. The average molecular weight is 471 g/mol. The Morgan fingerprint density at radius 2 is 1.77 bits per heavy atom. The fourth-order valence-corrected chi connectivity index (χ4v) is 5.24. The lowest BCUT2D eigenvalue weighted by Gasteiger charge is -2.21. The number of ether oxygens (including phenoxy) is 2. The van der Waals surface area contributed by atoms with E-state index < -0.39 is 15.9 Å². The van der Waals surface area contributed by atoms with Crippen molar-refractivity contribution < 1.29 is 22.7 Å². The molecule has 1 amide bonds. The predicted octanol–water partition coefficient (Wildman–Crippen LogP) is 3.70. The molecule has 7 nitrogen and oxygen atoms in total. The second-order valence-electron chi connectivity index (χ2n) is 7.26. The highest BCUT2D eigenvalue weighted by atomic mass is 35.5. The fourth-order valence-electron chi connectivity index (χ4n) is 3.08. The number of carbonyl (C=O) groups excluding carboxylic acids is 1. The van der Waals surface area contributed by atoms with Crippen molar-refractivity contribution >= 4 is 39.1 Å². The lowest BCUT2D eigenvalue weighted by molar-refractivity contribution is 0.0939. The van der Waals surface area contributed by atoms with Gasteiger partial charge < -0.3 is 14.8 Å². The quantitative estimate of drug-likeness (QED) is 0.670. The van der Waals surface area contributed by atoms with Crippen LogP contribution in [0.25, 0.3) is 0 Å². The highest BCUT2D eigenvalue weighted by molar-refractivity contribution is 7.89. The molecule has 160 valence electrons. The topological polar surface area (TPSA) is 93.7 Å². The molecule has 2 aromatic rings. The first-order valence-electron chi connectivity index (χ1n) is 9.46. The third kappa shape index (κ3) is 4.51. The van der Waals surface area contributed by atoms with E-state index in [-0.39, 0.29) is 32.6 Å². The van der Waals surface area contributed by atoms with Crippen LogP contribution >= 0.6 is 23.2 Å². The highest BCUT2D eigenvalue weighted by Gasteiger charge is 2.30. The Morgan fingerprint density at radius 1 is 1.07 bits per heavy atom. The van der Waals surface area contributed by atoms with Crippen molar-refractivity contribution in [3.8, 4) is 11.5 Å². The van der Waals surface area contributed by atoms with Crippen molar-refractivity contribution in [2.24, 2.45) is 0 Å². The Kier molecular flexibility index (Phi) is 5.85. The first-order chi connectivity index (χ1) is 14.2. The van der Waals surface area contributed by atoms with Gasteiger partial charge in [-0.2, -0.15) is 0 Å². The molecule has 30 heavy (non-hydrogen) atoms. The maximum absolute atomic E-state index is 12.9. The van der Waals surface area contributed by atoms with Crippen LogP contribution in [0.4, 0.5) is 0 Å². The van der Waals surface area contributed by atoms with Gasteiger partial charge in [0.2, 0.25) is 10.0 Å². The molecule has 10 heteroatoms. The molecule has 0 spiro atoms. The van der Waals surface area contributed by atoms with E-state index in [0.29, 0.717) is 24.7 Å². The smallest absolute Gasteiger partial charge is 0.253 e. The van der Waals surface area contributed by atoms with Gasteiger partial charge in [0.05, 0.1) is 21.7 Å². The summed E-state index contributed by atoms with van der Waals surface area (Å²) in [6.07, 6.45) is 1.57. The zero-order valence-corrected chi connectivity index (χ0v) is 18.4. The minimum atomic E-state index is -3.84. The van der Waals surface area contributed by atoms with Crippen molar-refractivity contribution in [2.45, 2.75) is 36.7 Å². The Bertz CT molecular complexity index is 1100. The molecule has 1 aliphatic carbocycles. The molecule has 1 fully saturated rings. The van der Waals surface area contributed by atoms with E-state index in [1.165, 1.54) is 12.1 Å². The molecule has 0 saturated heterocycles. The molecular weight excluding hydrogens is 451 g/mol. The van der Waals surface area contributed by atoms with Crippen LogP contribution in [-0.4, -0.2) is 33.6 Å². The van der Waals surface area contributed by atoms with Crippen LogP contribution in [0, 0.1) is 0 Å². The van der Waals surface area contributed by atoms with Gasteiger partial charge in [0.25, 0.3) is 5.91 Å². The molecule has 1 heterocycles. The van der Waals surface area contributed by atoms with E-state index in [1.54, 1.807) is 19.1 Å². The molecule has 1 atom stereocenters. The Hall–Kier alpha value is -2.00. The molecule has 1 unspecified atom stereocenters. The molecule has 2 N–H and O–H groups in total. The van der Waals surface area contributed by atoms with Gasteiger partial charge >= 0.3 is 0 Å². The van der Waals surface area contributed by atoms with Gasteiger partial charge in [0.15, 0.2) is 11.5 Å². The van der Waals surface area contributed by atoms with Crippen molar-refractivity contribution in [2.75, 3.05) is 13.2 Å². The second-order valence-corrected chi connectivity index (χ2v) is 9.75. The summed E-state index contributed by atoms with van der Waals surface area (Å²) in [6.45, 7) is 2.76. The molecule has 2 aromatic carbocycles. The number of hydrogen-bond acceptors (Lipinski definition) is 5. The Labute approximate surface area is 184 Å². The summed E-state index contributed by atoms with van der Waals surface area (Å²) < 4.78 is 38.8. The molecule has 4 rings (SSSR count). The standard InChI is InChI=1S/C20H20Cl2N2O5S/c1-11(12-2-5-17-18(8-12)29-7-6-28-17)23-20(25)14-9-19(16(22)10-15(14)21)30(26,27)24-13-3-4-13/h2,5,8-11,13,24H,3-4,6-7H2,1H3,(H,23,25). The van der Waals surface area contributed by atoms with Crippen LogP contribution < -0.4 is 19.5 Å². The minimum Gasteiger partial charge on any atom is -0.486 e. The van der Waals surface area contributed by atoms with E-state index in [9.17, 15) is 13.2 Å². The molecule has 1 saturated carbocycles. The van der Waals surface area contributed by atoms with Crippen LogP contribution in [0.3, 0.4) is 0 Å². The fraction of sp³-hybridized carbons (Fsp3) is 0.350. The van der Waals surface area contributed by atoms with Gasteiger partial charge in [-0.25, -0.2) is 13.1 Å². The number of halogens is 2. The zero-order valence-electron chi connectivity index (χ0n) is 16.1. The number of amides is 1. The van der Waals surface area contributed by atoms with Crippen molar-refractivity contribution in [1.82, 2.24) is 10.0 Å². The number of fused-ring (bicyclic) bond motifs is 1. The van der Waals surface area contributed by atoms with Crippen LogP contribution in [0.2, 0.25) is 10.0 Å². The maximum Gasteiger partial charge on any atom is 0.253 e. The monoisotopic (exact) mass is 470 g/mol. The third-order valence-corrected chi connectivity index (χ3v) is 7.17. The number of sulfonamides is 1. The molecule has 0 radical (unpaired) electrons. The number of hydrogen-bond donors (Lipinski definition) is 2. The minimum absolute atomic E-state index is 0.0293. The van der Waals surface area contributed by atoms with Gasteiger partial charge in [0.1, 0.15) is 18.1 Å². The largest absolute Gasteiger partial charge is 0.486 e.